The molecule has 1 amide bonds. The molecule has 7 nitrogen and oxygen atoms in total. The van der Waals surface area contributed by atoms with Crippen molar-refractivity contribution in [2.45, 2.75) is 26.1 Å². The number of aliphatic hydroxyl groups excluding tert-OH is 1. The van der Waals surface area contributed by atoms with Crippen molar-refractivity contribution in [2.75, 3.05) is 5.32 Å². The van der Waals surface area contributed by atoms with Gasteiger partial charge in [0.05, 0.1) is 11.2 Å². The van der Waals surface area contributed by atoms with Gasteiger partial charge in [0, 0.05) is 16.6 Å². The highest BCUT2D eigenvalue weighted by Gasteiger charge is 2.21. The van der Waals surface area contributed by atoms with Crippen LogP contribution < -0.4 is 11.1 Å². The number of carbonyl (C=O) groups excluding carboxylic acids is 1. The quantitative estimate of drug-likeness (QED) is 0.503. The van der Waals surface area contributed by atoms with E-state index in [0.717, 1.165) is 11.3 Å². The molecule has 1 aromatic carbocycles. The summed E-state index contributed by atoms with van der Waals surface area (Å²) >= 11 is 1.14. The Morgan fingerprint density at radius 1 is 1.32 bits per heavy atom. The van der Waals surface area contributed by atoms with Crippen LogP contribution in [0.25, 0.3) is 10.4 Å². The molecule has 0 spiro atoms. The fraction of sp³-hybridized carbons (Fsp3) is 0.211. The van der Waals surface area contributed by atoms with Crippen molar-refractivity contribution < 1.29 is 19.4 Å². The number of rotatable bonds is 6. The fourth-order valence-corrected chi connectivity index (χ4v) is 3.65. The summed E-state index contributed by atoms with van der Waals surface area (Å²) in [6.07, 6.45) is 1.47. The summed E-state index contributed by atoms with van der Waals surface area (Å²) in [5.41, 5.74) is 5.21. The average molecular weight is 402 g/mol. The van der Waals surface area contributed by atoms with Gasteiger partial charge in [0.1, 0.15) is 23.2 Å². The first-order valence-corrected chi connectivity index (χ1v) is 9.17. The number of primary amides is 1. The Morgan fingerprint density at radius 2 is 2.07 bits per heavy atom. The van der Waals surface area contributed by atoms with Crippen LogP contribution in [0.2, 0.25) is 0 Å². The molecule has 0 aliphatic carbocycles. The van der Waals surface area contributed by atoms with Crippen LogP contribution in [0.3, 0.4) is 0 Å². The number of nitrogens with zero attached hydrogens (tertiary/aromatic N) is 2. The monoisotopic (exact) mass is 402 g/mol. The first-order chi connectivity index (χ1) is 13.2. The molecule has 28 heavy (non-hydrogen) atoms. The number of hydrogen-bond acceptors (Lipinski definition) is 7. The number of amides is 1. The highest BCUT2D eigenvalue weighted by atomic mass is 32.1. The van der Waals surface area contributed by atoms with E-state index in [4.69, 9.17) is 10.8 Å². The predicted octanol–water partition coefficient (Wildman–Crippen LogP) is 2.91. The van der Waals surface area contributed by atoms with E-state index in [1.54, 1.807) is 32.0 Å². The normalized spacial score (nSPS) is 11.5. The van der Waals surface area contributed by atoms with Crippen molar-refractivity contribution >= 4 is 28.1 Å². The predicted molar refractivity (Wildman–Crippen MR) is 105 cm³/mol. The Labute approximate surface area is 164 Å². The molecule has 0 unspecified atom stereocenters. The van der Waals surface area contributed by atoms with Crippen molar-refractivity contribution in [1.29, 1.82) is 0 Å². The van der Waals surface area contributed by atoms with Crippen LogP contribution in [-0.4, -0.2) is 26.1 Å². The molecule has 3 aromatic rings. The Hall–Kier alpha value is -2.88. The van der Waals surface area contributed by atoms with Crippen molar-refractivity contribution in [3.05, 3.63) is 59.3 Å². The van der Waals surface area contributed by atoms with Gasteiger partial charge in [-0.1, -0.05) is 12.1 Å². The van der Waals surface area contributed by atoms with E-state index in [9.17, 15) is 14.3 Å². The van der Waals surface area contributed by atoms with Gasteiger partial charge >= 0.3 is 0 Å². The second kappa shape index (κ2) is 7.63. The second-order valence-electron chi connectivity index (χ2n) is 6.61. The standard InChI is InChI=1S/C19H19FN4O3S/c1-19(2,27)10-3-4-11(13(20)7-10)14-8-12(17(21)26)18(28-14)24-15-5-6-22-16(9-25)23-15/h3-8,25,27H,9H2,1-2H3,(H2,21,26)(H,22,23,24). The molecule has 0 saturated heterocycles. The van der Waals surface area contributed by atoms with Crippen molar-refractivity contribution in [3.8, 4) is 10.4 Å². The summed E-state index contributed by atoms with van der Waals surface area (Å²) in [6, 6.07) is 7.53. The SMILES string of the molecule is CC(C)(O)c1ccc(-c2cc(C(N)=O)c(Nc3ccnc(CO)n3)s2)c(F)c1. The number of aromatic nitrogens is 2. The average Bonchev–Trinajstić information content (AvgIpc) is 3.04. The summed E-state index contributed by atoms with van der Waals surface area (Å²) in [6.45, 7) is 2.82. The molecule has 9 heteroatoms. The number of thiophene rings is 1. The Bertz CT molecular complexity index is 1030. The van der Waals surface area contributed by atoms with Crippen LogP contribution in [0, 0.1) is 5.82 Å². The van der Waals surface area contributed by atoms with E-state index in [1.807, 2.05) is 0 Å². The zero-order valence-corrected chi connectivity index (χ0v) is 16.0. The molecular weight excluding hydrogens is 383 g/mol. The third-order valence-corrected chi connectivity index (χ3v) is 5.11. The minimum absolute atomic E-state index is 0.190. The second-order valence-corrected chi connectivity index (χ2v) is 7.66. The Balaban J connectivity index is 2.00. The van der Waals surface area contributed by atoms with Gasteiger partial charge in [-0.25, -0.2) is 14.4 Å². The van der Waals surface area contributed by atoms with Gasteiger partial charge < -0.3 is 21.3 Å². The maximum atomic E-state index is 14.6. The maximum absolute atomic E-state index is 14.6. The molecule has 2 heterocycles. The fourth-order valence-electron chi connectivity index (χ4n) is 2.56. The van der Waals surface area contributed by atoms with Gasteiger partial charge in [0.25, 0.3) is 5.91 Å². The number of carbonyl (C=O) groups is 1. The minimum Gasteiger partial charge on any atom is -0.388 e. The van der Waals surface area contributed by atoms with Crippen LogP contribution in [0.4, 0.5) is 15.2 Å². The lowest BCUT2D eigenvalue weighted by atomic mass is 9.96. The van der Waals surface area contributed by atoms with E-state index in [0.29, 0.717) is 21.3 Å². The number of hydrogen-bond donors (Lipinski definition) is 4. The van der Waals surface area contributed by atoms with E-state index in [-0.39, 0.29) is 23.6 Å². The van der Waals surface area contributed by atoms with E-state index in [1.165, 1.54) is 18.3 Å². The molecule has 3 rings (SSSR count). The molecule has 0 aliphatic heterocycles. The molecule has 0 atom stereocenters. The van der Waals surface area contributed by atoms with Gasteiger partial charge in [-0.05, 0) is 37.6 Å². The smallest absolute Gasteiger partial charge is 0.251 e. The summed E-state index contributed by atoms with van der Waals surface area (Å²) in [5.74, 6) is -0.605. The number of nitrogens with one attached hydrogen (secondary N) is 1. The van der Waals surface area contributed by atoms with Gasteiger partial charge in [-0.3, -0.25) is 4.79 Å². The van der Waals surface area contributed by atoms with Crippen LogP contribution in [0.15, 0.2) is 36.5 Å². The summed E-state index contributed by atoms with van der Waals surface area (Å²) in [4.78, 5) is 20.3. The van der Waals surface area contributed by atoms with E-state index < -0.39 is 17.3 Å². The Morgan fingerprint density at radius 3 is 2.68 bits per heavy atom. The molecule has 0 fully saturated rings. The van der Waals surface area contributed by atoms with E-state index in [2.05, 4.69) is 15.3 Å². The third-order valence-electron chi connectivity index (χ3n) is 4.03. The molecule has 146 valence electrons. The first-order valence-electron chi connectivity index (χ1n) is 8.35. The molecule has 0 aliphatic rings. The van der Waals surface area contributed by atoms with Crippen LogP contribution in [0.5, 0.6) is 0 Å². The Kier molecular flexibility index (Phi) is 5.41. The molecule has 0 radical (unpaired) electrons. The lowest BCUT2D eigenvalue weighted by Crippen LogP contribution is -2.15. The number of anilines is 2. The largest absolute Gasteiger partial charge is 0.388 e. The first kappa shape index (κ1) is 19.9. The molecule has 0 saturated carbocycles. The van der Waals surface area contributed by atoms with Crippen LogP contribution in [0.1, 0.15) is 35.6 Å². The number of benzene rings is 1. The van der Waals surface area contributed by atoms with Crippen molar-refractivity contribution in [1.82, 2.24) is 9.97 Å². The van der Waals surface area contributed by atoms with Gasteiger partial charge in [0.2, 0.25) is 0 Å². The summed E-state index contributed by atoms with van der Waals surface area (Å²) < 4.78 is 14.6. The highest BCUT2D eigenvalue weighted by Crippen LogP contribution is 2.38. The zero-order valence-electron chi connectivity index (χ0n) is 15.2. The molecular formula is C19H19FN4O3S. The maximum Gasteiger partial charge on any atom is 0.251 e. The highest BCUT2D eigenvalue weighted by molar-refractivity contribution is 7.19. The lowest BCUT2D eigenvalue weighted by Gasteiger charge is -2.18. The topological polar surface area (TPSA) is 121 Å². The van der Waals surface area contributed by atoms with Crippen molar-refractivity contribution in [2.24, 2.45) is 5.73 Å². The molecule has 5 N–H and O–H groups in total. The van der Waals surface area contributed by atoms with Crippen molar-refractivity contribution in [3.63, 3.8) is 0 Å². The van der Waals surface area contributed by atoms with Gasteiger partial charge in [-0.15, -0.1) is 11.3 Å². The minimum atomic E-state index is -1.17. The van der Waals surface area contributed by atoms with Crippen LogP contribution in [-0.2, 0) is 12.2 Å². The molecule has 2 aromatic heterocycles. The van der Waals surface area contributed by atoms with Gasteiger partial charge in [0.15, 0.2) is 5.82 Å². The zero-order chi connectivity index (χ0) is 20.5. The number of nitrogens with two attached hydrogens (primary N) is 1. The lowest BCUT2D eigenvalue weighted by molar-refractivity contribution is 0.0782. The summed E-state index contributed by atoms with van der Waals surface area (Å²) in [7, 11) is 0. The van der Waals surface area contributed by atoms with Gasteiger partial charge in [-0.2, -0.15) is 0 Å². The summed E-state index contributed by atoms with van der Waals surface area (Å²) in [5, 5.41) is 22.6. The number of halogens is 1. The number of aliphatic hydroxyl groups is 2. The third kappa shape index (κ3) is 4.16. The van der Waals surface area contributed by atoms with E-state index >= 15 is 0 Å². The van der Waals surface area contributed by atoms with Crippen LogP contribution >= 0.6 is 11.3 Å². The molecule has 0 bridgehead atoms.